The molecule has 2 N–H and O–H groups in total. The van der Waals surface area contributed by atoms with Crippen LogP contribution in [0.1, 0.15) is 11.3 Å². The third-order valence-electron chi connectivity index (χ3n) is 2.08. The van der Waals surface area contributed by atoms with E-state index in [1.807, 2.05) is 0 Å². The minimum atomic E-state index is -0.163. The fourth-order valence-electron chi connectivity index (χ4n) is 1.31. The fraction of sp³-hybridized carbons (Fsp3) is 0. The Kier molecular flexibility index (Phi) is 2.82. The largest absolute Gasteiger partial charge is 0.329 e. The summed E-state index contributed by atoms with van der Waals surface area (Å²) in [4.78, 5) is 27.6. The highest BCUT2D eigenvalue weighted by Gasteiger charge is 1.92. The molecular formula is C12H10N2O2. The van der Waals surface area contributed by atoms with Crippen molar-refractivity contribution in [2.24, 2.45) is 0 Å². The molecule has 4 heteroatoms. The monoisotopic (exact) mass is 214 g/mol. The van der Waals surface area contributed by atoms with Crippen LogP contribution >= 0.6 is 0 Å². The van der Waals surface area contributed by atoms with Crippen LogP contribution in [0.5, 0.6) is 0 Å². The molecule has 16 heavy (non-hydrogen) atoms. The molecule has 0 aliphatic heterocycles. The second-order valence-corrected chi connectivity index (χ2v) is 3.26. The molecule has 0 spiro atoms. The van der Waals surface area contributed by atoms with Gasteiger partial charge in [-0.1, -0.05) is 6.07 Å². The first kappa shape index (κ1) is 10.2. The number of aromatic nitrogens is 2. The molecular weight excluding hydrogens is 204 g/mol. The average molecular weight is 214 g/mol. The molecule has 0 saturated heterocycles. The van der Waals surface area contributed by atoms with Crippen molar-refractivity contribution in [1.82, 2.24) is 9.97 Å². The molecule has 0 saturated carbocycles. The maximum Gasteiger partial charge on any atom is 0.255 e. The minimum Gasteiger partial charge on any atom is -0.329 e. The van der Waals surface area contributed by atoms with Gasteiger partial charge in [0.15, 0.2) is 0 Å². The molecule has 2 aromatic heterocycles. The minimum absolute atomic E-state index is 0.156. The van der Waals surface area contributed by atoms with Crippen molar-refractivity contribution >= 4 is 12.2 Å². The molecule has 0 aromatic carbocycles. The molecule has 4 nitrogen and oxygen atoms in total. The first-order chi connectivity index (χ1) is 7.75. The first-order valence-corrected chi connectivity index (χ1v) is 4.81. The third-order valence-corrected chi connectivity index (χ3v) is 2.08. The van der Waals surface area contributed by atoms with Gasteiger partial charge >= 0.3 is 0 Å². The Morgan fingerprint density at radius 3 is 2.62 bits per heavy atom. The van der Waals surface area contributed by atoms with E-state index >= 15 is 0 Å². The van der Waals surface area contributed by atoms with Crippen molar-refractivity contribution in [2.45, 2.75) is 0 Å². The highest BCUT2D eigenvalue weighted by Crippen LogP contribution is 1.99. The van der Waals surface area contributed by atoms with Crippen LogP contribution in [0.3, 0.4) is 0 Å². The maximum absolute atomic E-state index is 11.3. The van der Waals surface area contributed by atoms with E-state index in [-0.39, 0.29) is 11.1 Å². The summed E-state index contributed by atoms with van der Waals surface area (Å²) in [7, 11) is 0. The zero-order chi connectivity index (χ0) is 11.4. The van der Waals surface area contributed by atoms with E-state index in [9.17, 15) is 9.59 Å². The summed E-state index contributed by atoms with van der Waals surface area (Å²) in [6.45, 7) is 0. The van der Waals surface area contributed by atoms with Gasteiger partial charge in [0.25, 0.3) is 5.56 Å². The Balaban J connectivity index is 2.32. The highest BCUT2D eigenvalue weighted by atomic mass is 16.1. The first-order valence-electron chi connectivity index (χ1n) is 4.81. The second-order valence-electron chi connectivity index (χ2n) is 3.26. The van der Waals surface area contributed by atoms with Gasteiger partial charge < -0.3 is 9.97 Å². The molecule has 0 aliphatic carbocycles. The highest BCUT2D eigenvalue weighted by molar-refractivity contribution is 5.67. The van der Waals surface area contributed by atoms with E-state index in [0.29, 0.717) is 11.3 Å². The normalized spacial score (nSPS) is 10.8. The number of rotatable bonds is 2. The Bertz CT molecular complexity index is 623. The number of pyridine rings is 2. The van der Waals surface area contributed by atoms with Crippen molar-refractivity contribution in [3.8, 4) is 0 Å². The van der Waals surface area contributed by atoms with Crippen molar-refractivity contribution in [1.29, 1.82) is 0 Å². The van der Waals surface area contributed by atoms with Crippen LogP contribution in [-0.2, 0) is 0 Å². The molecule has 0 fully saturated rings. The van der Waals surface area contributed by atoms with Gasteiger partial charge in [0.05, 0.1) is 0 Å². The lowest BCUT2D eigenvalue weighted by molar-refractivity contribution is 1.21. The van der Waals surface area contributed by atoms with Gasteiger partial charge in [-0.05, 0) is 30.4 Å². The second kappa shape index (κ2) is 4.44. The lowest BCUT2D eigenvalue weighted by atomic mass is 10.2. The topological polar surface area (TPSA) is 65.7 Å². The van der Waals surface area contributed by atoms with Crippen LogP contribution in [0.15, 0.2) is 46.1 Å². The van der Waals surface area contributed by atoms with Crippen LogP contribution in [0.2, 0.25) is 0 Å². The smallest absolute Gasteiger partial charge is 0.255 e. The molecule has 0 atom stereocenters. The molecule has 2 heterocycles. The summed E-state index contributed by atoms with van der Waals surface area (Å²) in [5, 5.41) is 0. The van der Waals surface area contributed by atoms with Crippen molar-refractivity contribution in [3.63, 3.8) is 0 Å². The molecule has 0 amide bonds. The van der Waals surface area contributed by atoms with Gasteiger partial charge in [0, 0.05) is 23.5 Å². The molecule has 80 valence electrons. The summed E-state index contributed by atoms with van der Waals surface area (Å²) in [6, 6.07) is 8.31. The van der Waals surface area contributed by atoms with E-state index in [1.165, 1.54) is 6.07 Å². The van der Waals surface area contributed by atoms with E-state index < -0.39 is 0 Å². The SMILES string of the molecule is O=c1cccc(/C=C\c2ccc[nH]c2=O)[nH]1. The third kappa shape index (κ3) is 2.36. The zero-order valence-electron chi connectivity index (χ0n) is 8.44. The van der Waals surface area contributed by atoms with E-state index in [0.717, 1.165) is 0 Å². The Hall–Kier alpha value is -2.36. The Labute approximate surface area is 91.3 Å². The molecule has 0 radical (unpaired) electrons. The van der Waals surface area contributed by atoms with Gasteiger partial charge in [-0.15, -0.1) is 0 Å². The van der Waals surface area contributed by atoms with E-state index in [1.54, 1.807) is 42.6 Å². The summed E-state index contributed by atoms with van der Waals surface area (Å²) >= 11 is 0. The van der Waals surface area contributed by atoms with Crippen LogP contribution in [0.25, 0.3) is 12.2 Å². The number of hydrogen-bond acceptors (Lipinski definition) is 2. The van der Waals surface area contributed by atoms with Gasteiger partial charge in [-0.25, -0.2) is 0 Å². The molecule has 0 aliphatic rings. The summed E-state index contributed by atoms with van der Waals surface area (Å²) in [5.41, 5.74) is 0.893. The standard InChI is InChI=1S/C12H10N2O2/c15-11-5-1-4-10(14-11)7-6-9-3-2-8-13-12(9)16/h1-8H,(H,13,16)(H,14,15)/b7-6-. The number of hydrogen-bond donors (Lipinski definition) is 2. The number of H-pyrrole nitrogens is 2. The number of nitrogens with one attached hydrogen (secondary N) is 2. The summed E-state index contributed by atoms with van der Waals surface area (Å²) in [6.07, 6.45) is 4.92. The van der Waals surface area contributed by atoms with E-state index in [4.69, 9.17) is 0 Å². The zero-order valence-corrected chi connectivity index (χ0v) is 8.44. The summed E-state index contributed by atoms with van der Waals surface area (Å²) < 4.78 is 0. The van der Waals surface area contributed by atoms with Crippen LogP contribution in [0.4, 0.5) is 0 Å². The van der Waals surface area contributed by atoms with Crippen molar-refractivity contribution in [3.05, 3.63) is 68.5 Å². The molecule has 0 bridgehead atoms. The van der Waals surface area contributed by atoms with Crippen molar-refractivity contribution in [2.75, 3.05) is 0 Å². The average Bonchev–Trinajstić information content (AvgIpc) is 2.28. The van der Waals surface area contributed by atoms with E-state index in [2.05, 4.69) is 9.97 Å². The fourth-order valence-corrected chi connectivity index (χ4v) is 1.31. The molecule has 0 unspecified atom stereocenters. The van der Waals surface area contributed by atoms with Gasteiger partial charge in [0.2, 0.25) is 5.56 Å². The Morgan fingerprint density at radius 2 is 1.88 bits per heavy atom. The van der Waals surface area contributed by atoms with Crippen LogP contribution in [-0.4, -0.2) is 9.97 Å². The van der Waals surface area contributed by atoms with Gasteiger partial charge in [0.1, 0.15) is 0 Å². The lowest BCUT2D eigenvalue weighted by Crippen LogP contribution is -2.07. The lowest BCUT2D eigenvalue weighted by Gasteiger charge is -1.92. The molecule has 2 rings (SSSR count). The molecule has 2 aromatic rings. The predicted octanol–water partition coefficient (Wildman–Crippen LogP) is 1.23. The van der Waals surface area contributed by atoms with Gasteiger partial charge in [-0.2, -0.15) is 0 Å². The number of aromatic amines is 2. The van der Waals surface area contributed by atoms with Gasteiger partial charge in [-0.3, -0.25) is 9.59 Å². The van der Waals surface area contributed by atoms with Crippen LogP contribution < -0.4 is 11.1 Å². The van der Waals surface area contributed by atoms with Crippen LogP contribution in [0, 0.1) is 0 Å². The summed E-state index contributed by atoms with van der Waals surface area (Å²) in [5.74, 6) is 0. The predicted molar refractivity (Wildman–Crippen MR) is 63.1 cm³/mol. The maximum atomic E-state index is 11.3. The Morgan fingerprint density at radius 1 is 1.00 bits per heavy atom. The van der Waals surface area contributed by atoms with Crippen molar-refractivity contribution < 1.29 is 0 Å². The quantitative estimate of drug-likeness (QED) is 0.789.